The monoisotopic (exact) mass is 672 g/mol. The maximum absolute atomic E-state index is 13.0. The number of halogens is 5. The highest BCUT2D eigenvalue weighted by Crippen LogP contribution is 2.30. The predicted molar refractivity (Wildman–Crippen MR) is 171 cm³/mol. The summed E-state index contributed by atoms with van der Waals surface area (Å²) in [5, 5.41) is 17.8. The van der Waals surface area contributed by atoms with Crippen molar-refractivity contribution in [1.82, 2.24) is 24.5 Å². The Kier molecular flexibility index (Phi) is 9.05. The molecule has 4 N–H and O–H groups in total. The van der Waals surface area contributed by atoms with Crippen LogP contribution in [0.15, 0.2) is 65.5 Å². The largest absolute Gasteiger partial charge is 0.323 e. The molecule has 5 aromatic rings. The molecule has 0 spiro atoms. The molecule has 5 rings (SSSR count). The van der Waals surface area contributed by atoms with E-state index in [1.54, 1.807) is 60.7 Å². The van der Waals surface area contributed by atoms with E-state index in [0.717, 1.165) is 0 Å². The van der Waals surface area contributed by atoms with Gasteiger partial charge in [-0.05, 0) is 48.5 Å². The Morgan fingerprint density at radius 1 is 0.698 bits per heavy atom. The summed E-state index contributed by atoms with van der Waals surface area (Å²) < 4.78 is 1.17. The third-order valence-electron chi connectivity index (χ3n) is 5.80. The highest BCUT2D eigenvalue weighted by molar-refractivity contribution is 6.37. The smallest absolute Gasteiger partial charge is 0.273 e. The first kappa shape index (κ1) is 30.2. The van der Waals surface area contributed by atoms with Crippen LogP contribution >= 0.6 is 58.0 Å². The number of hydrazine groups is 1. The summed E-state index contributed by atoms with van der Waals surface area (Å²) in [7, 11) is 1.46. The van der Waals surface area contributed by atoms with Gasteiger partial charge in [-0.1, -0.05) is 70.1 Å². The van der Waals surface area contributed by atoms with Gasteiger partial charge in [0.15, 0.2) is 0 Å². The molecule has 16 heteroatoms. The summed E-state index contributed by atoms with van der Waals surface area (Å²) in [6.07, 6.45) is 0. The number of anilines is 6. The molecule has 0 amide bonds. The van der Waals surface area contributed by atoms with Gasteiger partial charge in [-0.15, -0.1) is 0 Å². The molecule has 0 fully saturated rings. The minimum atomic E-state index is -0.568. The summed E-state index contributed by atoms with van der Waals surface area (Å²) in [5.41, 5.74) is 6.62. The van der Waals surface area contributed by atoms with Gasteiger partial charge >= 0.3 is 0 Å². The Morgan fingerprint density at radius 2 is 1.21 bits per heavy atom. The van der Waals surface area contributed by atoms with Gasteiger partial charge in [-0.2, -0.15) is 20.2 Å². The summed E-state index contributed by atoms with van der Waals surface area (Å²) in [6.45, 7) is 0. The molecule has 0 aliphatic heterocycles. The van der Waals surface area contributed by atoms with Crippen molar-refractivity contribution in [2.45, 2.75) is 0 Å². The average molecular weight is 675 g/mol. The first-order valence-corrected chi connectivity index (χ1v) is 14.0. The summed E-state index contributed by atoms with van der Waals surface area (Å²) in [5.74, 6) is 0.279. The molecule has 0 saturated heterocycles. The summed E-state index contributed by atoms with van der Waals surface area (Å²) >= 11 is 30.7. The van der Waals surface area contributed by atoms with Crippen LogP contribution in [-0.2, 0) is 7.05 Å². The van der Waals surface area contributed by atoms with Crippen LogP contribution in [0, 0.1) is 11.3 Å². The van der Waals surface area contributed by atoms with Gasteiger partial charge in [-0.25, -0.2) is 4.98 Å². The van der Waals surface area contributed by atoms with Crippen molar-refractivity contribution >= 4 is 93.2 Å². The fraction of sp³-hybridized carbons (Fsp3) is 0.0370. The molecule has 11 nitrogen and oxygen atoms in total. The first-order chi connectivity index (χ1) is 20.6. The number of nitriles is 1. The zero-order chi connectivity index (χ0) is 30.7. The fourth-order valence-corrected chi connectivity index (χ4v) is 4.75. The first-order valence-electron chi connectivity index (χ1n) is 12.1. The lowest BCUT2D eigenvalue weighted by Gasteiger charge is -2.15. The van der Waals surface area contributed by atoms with E-state index in [0.29, 0.717) is 42.1 Å². The molecule has 0 bridgehead atoms. The third-order valence-corrected chi connectivity index (χ3v) is 7.14. The third kappa shape index (κ3) is 7.02. The maximum atomic E-state index is 13.0. The van der Waals surface area contributed by atoms with Gasteiger partial charge in [0.2, 0.25) is 23.8 Å². The maximum Gasteiger partial charge on any atom is 0.273 e. The lowest BCUT2D eigenvalue weighted by Crippen LogP contribution is -2.27. The van der Waals surface area contributed by atoms with Crippen LogP contribution in [0.5, 0.6) is 0 Å². The molecule has 0 saturated carbocycles. The van der Waals surface area contributed by atoms with Gasteiger partial charge in [0, 0.05) is 27.7 Å². The van der Waals surface area contributed by atoms with E-state index in [-0.39, 0.29) is 35.1 Å². The molecule has 0 unspecified atom stereocenters. The van der Waals surface area contributed by atoms with Crippen molar-refractivity contribution in [3.63, 3.8) is 0 Å². The van der Waals surface area contributed by atoms with Crippen LogP contribution in [0.2, 0.25) is 25.1 Å². The highest BCUT2D eigenvalue weighted by Gasteiger charge is 2.17. The Hall–Kier alpha value is -4.31. The topological polar surface area (TPSA) is 145 Å². The average Bonchev–Trinajstić information content (AvgIpc) is 2.97. The van der Waals surface area contributed by atoms with Crippen LogP contribution in [-0.4, -0.2) is 24.5 Å². The molecule has 43 heavy (non-hydrogen) atoms. The lowest BCUT2D eigenvalue weighted by atomic mass is 10.1. The zero-order valence-electron chi connectivity index (χ0n) is 21.8. The number of hydrogen-bond donors (Lipinski definition) is 4. The summed E-state index contributed by atoms with van der Waals surface area (Å²) in [4.78, 5) is 30.7. The second kappa shape index (κ2) is 12.9. The zero-order valence-corrected chi connectivity index (χ0v) is 25.5. The van der Waals surface area contributed by atoms with Crippen LogP contribution in [0.4, 0.5) is 35.2 Å². The molecular weight excluding hydrogens is 658 g/mol. The van der Waals surface area contributed by atoms with Crippen molar-refractivity contribution < 1.29 is 0 Å². The van der Waals surface area contributed by atoms with E-state index in [4.69, 9.17) is 58.0 Å². The van der Waals surface area contributed by atoms with E-state index >= 15 is 0 Å². The van der Waals surface area contributed by atoms with Crippen molar-refractivity contribution in [1.29, 1.82) is 5.26 Å². The number of nitrogens with one attached hydrogen (secondary N) is 4. The van der Waals surface area contributed by atoms with Crippen LogP contribution in [0.1, 0.15) is 5.56 Å². The van der Waals surface area contributed by atoms with Gasteiger partial charge in [0.1, 0.15) is 11.6 Å². The Bertz CT molecular complexity index is 1870. The minimum absolute atomic E-state index is 0.0156. The van der Waals surface area contributed by atoms with Crippen LogP contribution < -0.4 is 27.0 Å². The van der Waals surface area contributed by atoms with E-state index in [1.165, 1.54) is 11.6 Å². The molecule has 2 aromatic heterocycles. The molecular formula is C27H17Cl5N10O. The normalized spacial score (nSPS) is 10.6. The van der Waals surface area contributed by atoms with Crippen LogP contribution in [0.25, 0.3) is 11.3 Å². The summed E-state index contributed by atoms with van der Waals surface area (Å²) in [6, 6.07) is 18.3. The Balaban J connectivity index is 1.50. The van der Waals surface area contributed by atoms with E-state index < -0.39 is 5.56 Å². The van der Waals surface area contributed by atoms with E-state index in [2.05, 4.69) is 41.4 Å². The standard InChI is InChI=1S/C27H17Cl5N10O/c1-42-23(43)17(12-33)22(13-2-4-14(28)5-3-13)36-27(42)41-40-26-38-24(34-20-8-6-15(29)10-18(20)31)37-25(39-26)35-21-9-7-16(30)11-19(21)32/h2-11H,1H3,(H,36,41)(H3,34,35,37,38,39,40). The van der Waals surface area contributed by atoms with E-state index in [9.17, 15) is 10.1 Å². The molecule has 0 atom stereocenters. The Morgan fingerprint density at radius 3 is 1.72 bits per heavy atom. The molecule has 0 radical (unpaired) electrons. The predicted octanol–water partition coefficient (Wildman–Crippen LogP) is 7.70. The number of nitrogens with zero attached hydrogens (tertiary/aromatic N) is 6. The number of hydrogen-bond acceptors (Lipinski definition) is 10. The molecule has 0 aliphatic carbocycles. The van der Waals surface area contributed by atoms with Crippen molar-refractivity contribution in [2.24, 2.45) is 7.05 Å². The van der Waals surface area contributed by atoms with E-state index in [1.807, 2.05) is 6.07 Å². The number of aromatic nitrogens is 5. The minimum Gasteiger partial charge on any atom is -0.323 e. The molecule has 0 aliphatic rings. The van der Waals surface area contributed by atoms with Gasteiger partial charge in [-0.3, -0.25) is 20.2 Å². The van der Waals surface area contributed by atoms with Crippen molar-refractivity contribution in [3.8, 4) is 17.3 Å². The number of rotatable bonds is 8. The quantitative estimate of drug-likeness (QED) is 0.121. The van der Waals surface area contributed by atoms with Gasteiger partial charge in [0.25, 0.3) is 5.56 Å². The lowest BCUT2D eigenvalue weighted by molar-refractivity contribution is 0.829. The molecule has 2 heterocycles. The van der Waals surface area contributed by atoms with Gasteiger partial charge < -0.3 is 10.6 Å². The fourth-order valence-electron chi connectivity index (χ4n) is 3.71. The number of benzene rings is 3. The van der Waals surface area contributed by atoms with Crippen LogP contribution in [0.3, 0.4) is 0 Å². The molecule has 216 valence electrons. The second-order valence-corrected chi connectivity index (χ2v) is 10.8. The second-order valence-electron chi connectivity index (χ2n) is 8.70. The Labute approximate surface area is 269 Å². The highest BCUT2D eigenvalue weighted by atomic mass is 35.5. The van der Waals surface area contributed by atoms with Gasteiger partial charge in [0.05, 0.1) is 27.1 Å². The van der Waals surface area contributed by atoms with Crippen molar-refractivity contribution in [3.05, 3.63) is 102 Å². The SMILES string of the molecule is Cn1c(NNc2nc(Nc3ccc(Cl)cc3Cl)nc(Nc3ccc(Cl)cc3Cl)n2)nc(-c2ccc(Cl)cc2)c(C#N)c1=O. The van der Waals surface area contributed by atoms with Crippen molar-refractivity contribution in [2.75, 3.05) is 21.5 Å². The molecule has 3 aromatic carbocycles.